The van der Waals surface area contributed by atoms with Crippen molar-refractivity contribution < 1.29 is 9.84 Å². The maximum Gasteiger partial charge on any atom is 0.252 e. The van der Waals surface area contributed by atoms with Gasteiger partial charge in [0.05, 0.1) is 18.7 Å². The number of fused-ring (bicyclic) bond motifs is 1. The van der Waals surface area contributed by atoms with Crippen LogP contribution >= 0.6 is 0 Å². The Hall–Kier alpha value is -2.62. The zero-order valence-corrected chi connectivity index (χ0v) is 20.5. The summed E-state index contributed by atoms with van der Waals surface area (Å²) in [5.74, 6) is 0.791. The van der Waals surface area contributed by atoms with E-state index in [0.717, 1.165) is 54.6 Å². The number of nitrogens with zero attached hydrogens (tertiary/aromatic N) is 5. The third kappa shape index (κ3) is 5.54. The number of nitrogens with one attached hydrogen (secondary N) is 1. The number of H-pyrrole nitrogens is 1. The molecule has 3 heterocycles. The molecule has 2 N–H and O–H groups in total. The molecule has 184 valence electrons. The summed E-state index contributed by atoms with van der Waals surface area (Å²) in [4.78, 5) is 18.3. The summed E-state index contributed by atoms with van der Waals surface area (Å²) in [7, 11) is 0. The molecule has 2 aromatic heterocycles. The van der Waals surface area contributed by atoms with Gasteiger partial charge in [0, 0.05) is 37.4 Å². The van der Waals surface area contributed by atoms with Gasteiger partial charge in [0.15, 0.2) is 5.82 Å². The first-order chi connectivity index (χ1) is 16.5. The normalized spacial score (nSPS) is 17.1. The molecule has 0 unspecified atom stereocenters. The molecule has 9 nitrogen and oxygen atoms in total. The van der Waals surface area contributed by atoms with Crippen molar-refractivity contribution in [3.05, 3.63) is 51.1 Å². The van der Waals surface area contributed by atoms with Crippen molar-refractivity contribution in [2.45, 2.75) is 78.1 Å². The average molecular weight is 469 g/mol. The Kier molecular flexibility index (Phi) is 8.07. The van der Waals surface area contributed by atoms with E-state index < -0.39 is 0 Å². The van der Waals surface area contributed by atoms with Crippen LogP contribution in [0.3, 0.4) is 0 Å². The Labute approximate surface area is 200 Å². The van der Waals surface area contributed by atoms with Gasteiger partial charge in [0.25, 0.3) is 5.56 Å². The van der Waals surface area contributed by atoms with Gasteiger partial charge in [-0.05, 0) is 84.7 Å². The van der Waals surface area contributed by atoms with Crippen LogP contribution in [0.2, 0.25) is 0 Å². The third-order valence-corrected chi connectivity index (χ3v) is 6.77. The Bertz CT molecular complexity index is 1150. The monoisotopic (exact) mass is 468 g/mol. The number of ether oxygens (including phenoxy) is 1. The molecule has 1 aliphatic rings. The van der Waals surface area contributed by atoms with Crippen LogP contribution in [0.15, 0.2) is 23.0 Å². The van der Waals surface area contributed by atoms with Crippen LogP contribution < -0.4 is 5.56 Å². The molecule has 2 atom stereocenters. The number of aryl methyl sites for hydroxylation is 2. The molecule has 3 aromatic rings. The largest absolute Gasteiger partial charge is 0.396 e. The molecule has 0 radical (unpaired) electrons. The number of aromatic nitrogens is 5. The Morgan fingerprint density at radius 2 is 2.12 bits per heavy atom. The smallest absolute Gasteiger partial charge is 0.252 e. The highest BCUT2D eigenvalue weighted by Crippen LogP contribution is 2.27. The average Bonchev–Trinajstić information content (AvgIpc) is 3.49. The van der Waals surface area contributed by atoms with Gasteiger partial charge >= 0.3 is 0 Å². The summed E-state index contributed by atoms with van der Waals surface area (Å²) in [5, 5.41) is 23.2. The van der Waals surface area contributed by atoms with Crippen LogP contribution in [0.5, 0.6) is 0 Å². The second-order valence-electron chi connectivity index (χ2n) is 9.35. The Morgan fingerprint density at radius 3 is 2.85 bits per heavy atom. The molecule has 9 heteroatoms. The molecule has 34 heavy (non-hydrogen) atoms. The molecule has 0 saturated carbocycles. The second-order valence-corrected chi connectivity index (χ2v) is 9.35. The van der Waals surface area contributed by atoms with Gasteiger partial charge in [-0.2, -0.15) is 0 Å². The summed E-state index contributed by atoms with van der Waals surface area (Å²) in [6.07, 6.45) is 4.60. The maximum atomic E-state index is 13.0. The Morgan fingerprint density at radius 1 is 1.29 bits per heavy atom. The van der Waals surface area contributed by atoms with Gasteiger partial charge in [-0.3, -0.25) is 9.69 Å². The predicted molar refractivity (Wildman–Crippen MR) is 131 cm³/mol. The fraction of sp³-hybridized carbons (Fsp3) is 0.600. The first-order valence-electron chi connectivity index (χ1n) is 12.4. The number of hydrogen-bond acceptors (Lipinski definition) is 7. The number of aliphatic hydroxyl groups excluding tert-OH is 1. The third-order valence-electron chi connectivity index (χ3n) is 6.77. The highest BCUT2D eigenvalue weighted by Gasteiger charge is 2.28. The van der Waals surface area contributed by atoms with E-state index in [2.05, 4.69) is 45.3 Å². The van der Waals surface area contributed by atoms with Crippen molar-refractivity contribution in [2.24, 2.45) is 0 Å². The molecule has 1 aromatic carbocycles. The zero-order valence-electron chi connectivity index (χ0n) is 20.5. The van der Waals surface area contributed by atoms with Gasteiger partial charge in [0.2, 0.25) is 0 Å². The van der Waals surface area contributed by atoms with E-state index in [1.807, 2.05) is 23.7 Å². The lowest BCUT2D eigenvalue weighted by atomic mass is 10.0. The maximum absolute atomic E-state index is 13.0. The first-order valence-corrected chi connectivity index (χ1v) is 12.4. The molecular formula is C25H36N6O3. The number of tetrazole rings is 1. The highest BCUT2D eigenvalue weighted by molar-refractivity contribution is 5.80. The molecule has 0 aliphatic carbocycles. The molecule has 0 amide bonds. The molecule has 1 saturated heterocycles. The predicted octanol–water partition coefficient (Wildman–Crippen LogP) is 3.04. The quantitative estimate of drug-likeness (QED) is 0.445. The number of hydrogen-bond donors (Lipinski definition) is 2. The first kappa shape index (κ1) is 24.5. The topological polar surface area (TPSA) is 109 Å². The lowest BCUT2D eigenvalue weighted by Crippen LogP contribution is -2.34. The van der Waals surface area contributed by atoms with Crippen molar-refractivity contribution in [2.75, 3.05) is 19.8 Å². The van der Waals surface area contributed by atoms with E-state index in [4.69, 9.17) is 4.74 Å². The molecule has 0 spiro atoms. The van der Waals surface area contributed by atoms with Gasteiger partial charge in [-0.1, -0.05) is 13.3 Å². The van der Waals surface area contributed by atoms with Gasteiger partial charge < -0.3 is 14.8 Å². The van der Waals surface area contributed by atoms with E-state index in [0.29, 0.717) is 31.6 Å². The highest BCUT2D eigenvalue weighted by atomic mass is 16.5. The number of pyridine rings is 1. The van der Waals surface area contributed by atoms with Crippen LogP contribution in [-0.4, -0.2) is 61.1 Å². The van der Waals surface area contributed by atoms with Crippen molar-refractivity contribution in [1.29, 1.82) is 0 Å². The molecule has 1 aliphatic heterocycles. The van der Waals surface area contributed by atoms with Crippen LogP contribution in [0.4, 0.5) is 0 Å². The van der Waals surface area contributed by atoms with Crippen LogP contribution in [0, 0.1) is 13.8 Å². The van der Waals surface area contributed by atoms with E-state index >= 15 is 0 Å². The lowest BCUT2D eigenvalue weighted by Gasteiger charge is -2.31. The summed E-state index contributed by atoms with van der Waals surface area (Å²) in [6.45, 7) is 8.86. The Balaban J connectivity index is 1.66. The summed E-state index contributed by atoms with van der Waals surface area (Å²) >= 11 is 0. The zero-order chi connectivity index (χ0) is 24.1. The lowest BCUT2D eigenvalue weighted by molar-refractivity contribution is 0.0885. The van der Waals surface area contributed by atoms with Crippen molar-refractivity contribution in [3.8, 4) is 0 Å². The standard InChI is InChI=1S/C25H36N6O3/c1-4-7-23(24-27-28-29-31(24)16-21-8-5-11-34-21)30(9-6-10-32)15-20-14-19-12-17(2)18(3)13-22(19)26-25(20)33/h12-14,21,23,32H,4-11,15-16H2,1-3H3,(H,26,33)/t21-,23-/m1/s1. The van der Waals surface area contributed by atoms with E-state index in [9.17, 15) is 9.90 Å². The molecule has 4 rings (SSSR count). The van der Waals surface area contributed by atoms with Gasteiger partial charge in [0.1, 0.15) is 0 Å². The number of aromatic amines is 1. The summed E-state index contributed by atoms with van der Waals surface area (Å²) < 4.78 is 7.67. The summed E-state index contributed by atoms with van der Waals surface area (Å²) in [6, 6.07) is 6.07. The van der Waals surface area contributed by atoms with Gasteiger partial charge in [-0.25, -0.2) is 4.68 Å². The minimum Gasteiger partial charge on any atom is -0.396 e. The van der Waals surface area contributed by atoms with Crippen LogP contribution in [0.1, 0.15) is 67.6 Å². The summed E-state index contributed by atoms with van der Waals surface area (Å²) in [5.41, 5.74) is 3.82. The fourth-order valence-corrected chi connectivity index (χ4v) is 4.79. The van der Waals surface area contributed by atoms with Gasteiger partial charge in [-0.15, -0.1) is 5.10 Å². The van der Waals surface area contributed by atoms with Crippen LogP contribution in [0.25, 0.3) is 10.9 Å². The minimum absolute atomic E-state index is 0.0668. The SMILES string of the molecule is CCC[C@H](c1nnnn1C[C@H]1CCCO1)N(CCCO)Cc1cc2cc(C)c(C)cc2[nH]c1=O. The number of rotatable bonds is 11. The van der Waals surface area contributed by atoms with Crippen molar-refractivity contribution in [1.82, 2.24) is 30.1 Å². The van der Waals surface area contributed by atoms with Crippen LogP contribution in [-0.2, 0) is 17.8 Å². The van der Waals surface area contributed by atoms with E-state index in [1.54, 1.807) is 0 Å². The molecule has 0 bridgehead atoms. The van der Waals surface area contributed by atoms with E-state index in [1.165, 1.54) is 5.56 Å². The molecular weight excluding hydrogens is 432 g/mol. The second kappa shape index (κ2) is 11.2. The minimum atomic E-state index is -0.0843. The number of aliphatic hydroxyl groups is 1. The fourth-order valence-electron chi connectivity index (χ4n) is 4.79. The van der Waals surface area contributed by atoms with Crippen molar-refractivity contribution >= 4 is 10.9 Å². The van der Waals surface area contributed by atoms with E-state index in [-0.39, 0.29) is 24.3 Å². The number of benzene rings is 1. The molecule has 1 fully saturated rings. The van der Waals surface area contributed by atoms with Crippen molar-refractivity contribution in [3.63, 3.8) is 0 Å².